The van der Waals surface area contributed by atoms with E-state index in [1.54, 1.807) is 0 Å². The molecule has 2 heterocycles. The highest BCUT2D eigenvalue weighted by molar-refractivity contribution is 5.40. The monoisotopic (exact) mass is 235 g/mol. The molecule has 0 radical (unpaired) electrons. The van der Waals surface area contributed by atoms with Gasteiger partial charge in [0.2, 0.25) is 0 Å². The minimum atomic E-state index is 0.0346. The molecule has 0 amide bonds. The van der Waals surface area contributed by atoms with E-state index in [1.165, 1.54) is 0 Å². The first-order chi connectivity index (χ1) is 8.02. The maximum atomic E-state index is 9.29. The zero-order valence-corrected chi connectivity index (χ0v) is 10.8. The minimum Gasteiger partial charge on any atom is -0.394 e. The van der Waals surface area contributed by atoms with Crippen molar-refractivity contribution in [3.05, 3.63) is 17.8 Å². The molecule has 2 rings (SSSR count). The van der Waals surface area contributed by atoms with E-state index < -0.39 is 0 Å². The number of hydrogen-bond acceptors (Lipinski definition) is 4. The third kappa shape index (κ3) is 2.57. The standard InChI is InChI=1S/C13H21N3O/c1-13(2,3)11-6-7-12(15-14-11)16-8-4-5-10(16)9-17/h6-7,10,17H,4-5,8-9H2,1-3H3. The largest absolute Gasteiger partial charge is 0.394 e. The number of hydrogen-bond donors (Lipinski definition) is 1. The molecule has 4 nitrogen and oxygen atoms in total. The van der Waals surface area contributed by atoms with Crippen molar-refractivity contribution >= 4 is 5.82 Å². The summed E-state index contributed by atoms with van der Waals surface area (Å²) >= 11 is 0. The number of aliphatic hydroxyl groups is 1. The molecule has 1 aliphatic heterocycles. The average molecular weight is 235 g/mol. The molecule has 0 spiro atoms. The molecule has 17 heavy (non-hydrogen) atoms. The van der Waals surface area contributed by atoms with Gasteiger partial charge in [-0.05, 0) is 25.0 Å². The fraction of sp³-hybridized carbons (Fsp3) is 0.692. The van der Waals surface area contributed by atoms with Gasteiger partial charge in [0.15, 0.2) is 5.82 Å². The summed E-state index contributed by atoms with van der Waals surface area (Å²) in [5.41, 5.74) is 1.04. The lowest BCUT2D eigenvalue weighted by atomic mass is 9.92. The van der Waals surface area contributed by atoms with E-state index in [1.807, 2.05) is 12.1 Å². The Hall–Kier alpha value is -1.16. The summed E-state index contributed by atoms with van der Waals surface area (Å²) in [6.45, 7) is 7.55. The van der Waals surface area contributed by atoms with Gasteiger partial charge in [-0.1, -0.05) is 20.8 Å². The van der Waals surface area contributed by atoms with Crippen LogP contribution in [0.5, 0.6) is 0 Å². The quantitative estimate of drug-likeness (QED) is 0.848. The highest BCUT2D eigenvalue weighted by atomic mass is 16.3. The molecular formula is C13H21N3O. The summed E-state index contributed by atoms with van der Waals surface area (Å²) in [7, 11) is 0. The highest BCUT2D eigenvalue weighted by Gasteiger charge is 2.25. The Morgan fingerprint density at radius 3 is 2.65 bits per heavy atom. The van der Waals surface area contributed by atoms with E-state index in [4.69, 9.17) is 0 Å². The lowest BCUT2D eigenvalue weighted by Crippen LogP contribution is -2.33. The van der Waals surface area contributed by atoms with Gasteiger partial charge in [-0.3, -0.25) is 0 Å². The molecule has 1 fully saturated rings. The number of nitrogens with zero attached hydrogens (tertiary/aromatic N) is 3. The van der Waals surface area contributed by atoms with Crippen molar-refractivity contribution < 1.29 is 5.11 Å². The van der Waals surface area contributed by atoms with E-state index in [0.29, 0.717) is 0 Å². The van der Waals surface area contributed by atoms with Crippen LogP contribution in [0.3, 0.4) is 0 Å². The second-order valence-electron chi connectivity index (χ2n) is 5.70. The zero-order chi connectivity index (χ0) is 12.5. The maximum Gasteiger partial charge on any atom is 0.151 e. The number of aliphatic hydroxyl groups excluding tert-OH is 1. The van der Waals surface area contributed by atoms with Crippen LogP contribution >= 0.6 is 0 Å². The Morgan fingerprint density at radius 1 is 1.35 bits per heavy atom. The minimum absolute atomic E-state index is 0.0346. The summed E-state index contributed by atoms with van der Waals surface area (Å²) in [6, 6.07) is 4.26. The van der Waals surface area contributed by atoms with Crippen molar-refractivity contribution in [2.24, 2.45) is 0 Å². The van der Waals surface area contributed by atoms with E-state index in [2.05, 4.69) is 35.9 Å². The van der Waals surface area contributed by atoms with Gasteiger partial charge in [0.05, 0.1) is 18.3 Å². The molecule has 1 saturated heterocycles. The summed E-state index contributed by atoms with van der Waals surface area (Å²) < 4.78 is 0. The van der Waals surface area contributed by atoms with Gasteiger partial charge in [-0.2, -0.15) is 5.10 Å². The molecular weight excluding hydrogens is 214 g/mol. The van der Waals surface area contributed by atoms with Gasteiger partial charge in [-0.15, -0.1) is 5.10 Å². The van der Waals surface area contributed by atoms with Crippen LogP contribution < -0.4 is 4.90 Å². The predicted molar refractivity (Wildman–Crippen MR) is 68.2 cm³/mol. The average Bonchev–Trinajstić information content (AvgIpc) is 2.76. The van der Waals surface area contributed by atoms with Crippen LogP contribution in [0.25, 0.3) is 0 Å². The molecule has 4 heteroatoms. The maximum absolute atomic E-state index is 9.29. The van der Waals surface area contributed by atoms with Crippen LogP contribution in [-0.2, 0) is 5.41 Å². The first kappa shape index (κ1) is 12.3. The molecule has 1 N–H and O–H groups in total. The summed E-state index contributed by atoms with van der Waals surface area (Å²) in [5.74, 6) is 0.884. The van der Waals surface area contributed by atoms with Gasteiger partial charge in [-0.25, -0.2) is 0 Å². The first-order valence-corrected chi connectivity index (χ1v) is 6.24. The van der Waals surface area contributed by atoms with Crippen LogP contribution in [0, 0.1) is 0 Å². The van der Waals surface area contributed by atoms with E-state index >= 15 is 0 Å². The molecule has 0 aliphatic carbocycles. The molecule has 1 aromatic rings. The van der Waals surface area contributed by atoms with Gasteiger partial charge >= 0.3 is 0 Å². The molecule has 1 unspecified atom stereocenters. The molecule has 94 valence electrons. The van der Waals surface area contributed by atoms with Crippen molar-refractivity contribution in [2.45, 2.75) is 45.1 Å². The molecule has 1 aromatic heterocycles. The van der Waals surface area contributed by atoms with Crippen LogP contribution in [0.4, 0.5) is 5.82 Å². The molecule has 0 aromatic carbocycles. The van der Waals surface area contributed by atoms with Crippen LogP contribution in [0.2, 0.25) is 0 Å². The topological polar surface area (TPSA) is 49.2 Å². The number of aromatic nitrogens is 2. The van der Waals surface area contributed by atoms with Gasteiger partial charge in [0.1, 0.15) is 0 Å². The van der Waals surface area contributed by atoms with Crippen molar-refractivity contribution in [3.63, 3.8) is 0 Å². The lowest BCUT2D eigenvalue weighted by molar-refractivity contribution is 0.266. The Kier molecular flexibility index (Phi) is 3.33. The summed E-state index contributed by atoms with van der Waals surface area (Å²) in [6.07, 6.45) is 2.16. The van der Waals surface area contributed by atoms with E-state index in [0.717, 1.165) is 30.9 Å². The highest BCUT2D eigenvalue weighted by Crippen LogP contribution is 2.25. The zero-order valence-electron chi connectivity index (χ0n) is 10.8. The molecule has 1 atom stereocenters. The Morgan fingerprint density at radius 2 is 2.12 bits per heavy atom. The predicted octanol–water partition coefficient (Wildman–Crippen LogP) is 1.74. The molecule has 1 aliphatic rings. The van der Waals surface area contributed by atoms with Crippen molar-refractivity contribution in [2.75, 3.05) is 18.1 Å². The number of rotatable bonds is 2. The third-order valence-corrected chi connectivity index (χ3v) is 3.30. The molecule has 0 bridgehead atoms. The SMILES string of the molecule is CC(C)(C)c1ccc(N2CCCC2CO)nn1. The Bertz CT molecular complexity index is 369. The number of anilines is 1. The van der Waals surface area contributed by atoms with Crippen molar-refractivity contribution in [1.82, 2.24) is 10.2 Å². The van der Waals surface area contributed by atoms with Crippen LogP contribution in [-0.4, -0.2) is 34.5 Å². The third-order valence-electron chi connectivity index (χ3n) is 3.30. The first-order valence-electron chi connectivity index (χ1n) is 6.24. The normalized spacial score (nSPS) is 20.9. The van der Waals surface area contributed by atoms with Crippen molar-refractivity contribution in [3.8, 4) is 0 Å². The smallest absolute Gasteiger partial charge is 0.151 e. The summed E-state index contributed by atoms with van der Waals surface area (Å²) in [4.78, 5) is 2.15. The lowest BCUT2D eigenvalue weighted by Gasteiger charge is -2.24. The second-order valence-corrected chi connectivity index (χ2v) is 5.70. The summed E-state index contributed by atoms with van der Waals surface area (Å²) in [5, 5.41) is 17.9. The Balaban J connectivity index is 2.18. The van der Waals surface area contributed by atoms with Gasteiger partial charge < -0.3 is 10.0 Å². The van der Waals surface area contributed by atoms with Crippen LogP contribution in [0.15, 0.2) is 12.1 Å². The van der Waals surface area contributed by atoms with Crippen LogP contribution in [0.1, 0.15) is 39.3 Å². The van der Waals surface area contributed by atoms with Crippen molar-refractivity contribution in [1.29, 1.82) is 0 Å². The second kappa shape index (κ2) is 4.61. The van der Waals surface area contributed by atoms with Gasteiger partial charge in [0, 0.05) is 12.0 Å². The van der Waals surface area contributed by atoms with E-state index in [9.17, 15) is 5.11 Å². The Labute approximate surface area is 103 Å². The fourth-order valence-corrected chi connectivity index (χ4v) is 2.21. The van der Waals surface area contributed by atoms with E-state index in [-0.39, 0.29) is 18.1 Å². The fourth-order valence-electron chi connectivity index (χ4n) is 2.21. The molecule has 0 saturated carbocycles. The van der Waals surface area contributed by atoms with Gasteiger partial charge in [0.25, 0.3) is 0 Å².